The van der Waals surface area contributed by atoms with E-state index in [1.165, 1.54) is 0 Å². The molecule has 0 unspecified atom stereocenters. The lowest BCUT2D eigenvalue weighted by Crippen LogP contribution is -2.02. The van der Waals surface area contributed by atoms with Crippen molar-refractivity contribution in [3.8, 4) is 5.75 Å². The second-order valence-corrected chi connectivity index (χ2v) is 4.85. The van der Waals surface area contributed by atoms with Crippen molar-refractivity contribution in [1.82, 2.24) is 10.2 Å². The summed E-state index contributed by atoms with van der Waals surface area (Å²) < 4.78 is 5.27. The number of rotatable bonds is 3. The van der Waals surface area contributed by atoms with Crippen LogP contribution in [-0.2, 0) is 0 Å². The molecule has 4 nitrogen and oxygen atoms in total. The second-order valence-electron chi connectivity index (χ2n) is 4.06. The van der Waals surface area contributed by atoms with Crippen molar-refractivity contribution >= 4 is 34.7 Å². The van der Waals surface area contributed by atoms with Crippen LogP contribution in [-0.4, -0.2) is 17.3 Å². The normalized spacial score (nSPS) is 10.4. The van der Waals surface area contributed by atoms with Crippen molar-refractivity contribution < 1.29 is 4.74 Å². The van der Waals surface area contributed by atoms with Crippen LogP contribution < -0.4 is 10.1 Å². The maximum absolute atomic E-state index is 5.98. The number of benzene rings is 1. The SMILES string of the molecule is COc1ccc(Cl)cc1Nc1nnc(Cl)c(C)c1C. The van der Waals surface area contributed by atoms with Gasteiger partial charge < -0.3 is 10.1 Å². The quantitative estimate of drug-likeness (QED) is 0.924. The molecule has 0 saturated carbocycles. The van der Waals surface area contributed by atoms with Crippen molar-refractivity contribution in [2.45, 2.75) is 13.8 Å². The van der Waals surface area contributed by atoms with Crippen LogP contribution in [0.3, 0.4) is 0 Å². The van der Waals surface area contributed by atoms with Gasteiger partial charge >= 0.3 is 0 Å². The van der Waals surface area contributed by atoms with Gasteiger partial charge in [0.2, 0.25) is 0 Å². The number of ether oxygens (including phenoxy) is 1. The third-order valence-electron chi connectivity index (χ3n) is 2.88. The van der Waals surface area contributed by atoms with E-state index in [0.717, 1.165) is 16.8 Å². The van der Waals surface area contributed by atoms with E-state index in [-0.39, 0.29) is 0 Å². The molecular formula is C13H13Cl2N3O. The summed E-state index contributed by atoms with van der Waals surface area (Å²) in [5.74, 6) is 1.31. The zero-order valence-corrected chi connectivity index (χ0v) is 12.3. The Morgan fingerprint density at radius 1 is 1.11 bits per heavy atom. The summed E-state index contributed by atoms with van der Waals surface area (Å²) in [6.07, 6.45) is 0. The summed E-state index contributed by atoms with van der Waals surface area (Å²) in [4.78, 5) is 0. The number of anilines is 2. The van der Waals surface area contributed by atoms with Gasteiger partial charge in [0, 0.05) is 5.02 Å². The molecule has 0 bridgehead atoms. The van der Waals surface area contributed by atoms with Gasteiger partial charge in [0.1, 0.15) is 5.75 Å². The Balaban J connectivity index is 2.41. The molecule has 2 rings (SSSR count). The molecule has 0 aliphatic rings. The van der Waals surface area contributed by atoms with Crippen molar-refractivity contribution in [2.24, 2.45) is 0 Å². The van der Waals surface area contributed by atoms with Crippen molar-refractivity contribution in [2.75, 3.05) is 12.4 Å². The maximum Gasteiger partial charge on any atom is 0.156 e. The summed E-state index contributed by atoms with van der Waals surface area (Å²) in [6.45, 7) is 3.82. The number of aromatic nitrogens is 2. The molecule has 100 valence electrons. The molecule has 1 aromatic heterocycles. The highest BCUT2D eigenvalue weighted by Crippen LogP contribution is 2.31. The highest BCUT2D eigenvalue weighted by atomic mass is 35.5. The third kappa shape index (κ3) is 2.91. The second kappa shape index (κ2) is 5.63. The highest BCUT2D eigenvalue weighted by molar-refractivity contribution is 6.31. The number of halogens is 2. The fraction of sp³-hybridized carbons (Fsp3) is 0.231. The summed E-state index contributed by atoms with van der Waals surface area (Å²) in [6, 6.07) is 5.32. The van der Waals surface area contributed by atoms with Gasteiger partial charge in [-0.3, -0.25) is 0 Å². The summed E-state index contributed by atoms with van der Waals surface area (Å²) in [5, 5.41) is 12.1. The molecule has 0 atom stereocenters. The molecule has 1 heterocycles. The Bertz CT molecular complexity index is 617. The van der Waals surface area contributed by atoms with Crippen LogP contribution in [0.25, 0.3) is 0 Å². The van der Waals surface area contributed by atoms with E-state index < -0.39 is 0 Å². The van der Waals surface area contributed by atoms with Crippen LogP contribution in [0, 0.1) is 13.8 Å². The van der Waals surface area contributed by atoms with Crippen LogP contribution in [0.2, 0.25) is 10.2 Å². The van der Waals surface area contributed by atoms with Gasteiger partial charge in [0.15, 0.2) is 11.0 Å². The molecule has 0 spiro atoms. The van der Waals surface area contributed by atoms with Gasteiger partial charge in [-0.15, -0.1) is 10.2 Å². The van der Waals surface area contributed by atoms with Crippen molar-refractivity contribution in [3.05, 3.63) is 39.5 Å². The number of hydrogen-bond acceptors (Lipinski definition) is 4. The molecule has 0 aliphatic carbocycles. The van der Waals surface area contributed by atoms with Gasteiger partial charge in [-0.25, -0.2) is 0 Å². The van der Waals surface area contributed by atoms with E-state index in [2.05, 4.69) is 15.5 Å². The lowest BCUT2D eigenvalue weighted by Gasteiger charge is -2.13. The standard InChI is InChI=1S/C13H13Cl2N3O/c1-7-8(2)13(18-17-12(7)15)16-10-6-9(14)4-5-11(10)19-3/h4-6H,1-3H3,(H,16,18). The molecular weight excluding hydrogens is 285 g/mol. The Kier molecular flexibility index (Phi) is 4.12. The number of nitrogens with zero attached hydrogens (tertiary/aromatic N) is 2. The van der Waals surface area contributed by atoms with E-state index in [0.29, 0.717) is 21.7 Å². The van der Waals surface area contributed by atoms with Gasteiger partial charge in [-0.2, -0.15) is 0 Å². The zero-order valence-electron chi connectivity index (χ0n) is 10.8. The fourth-order valence-electron chi connectivity index (χ4n) is 1.60. The number of methoxy groups -OCH3 is 1. The minimum absolute atomic E-state index is 0.404. The molecule has 2 aromatic rings. The average molecular weight is 298 g/mol. The van der Waals surface area contributed by atoms with Crippen LogP contribution >= 0.6 is 23.2 Å². The summed E-state index contributed by atoms with van der Waals surface area (Å²) in [7, 11) is 1.60. The van der Waals surface area contributed by atoms with Gasteiger partial charge in [-0.1, -0.05) is 23.2 Å². The Morgan fingerprint density at radius 3 is 2.53 bits per heavy atom. The Morgan fingerprint density at radius 2 is 1.84 bits per heavy atom. The van der Waals surface area contributed by atoms with Gasteiger partial charge in [0.25, 0.3) is 0 Å². The summed E-state index contributed by atoms with van der Waals surface area (Å²) in [5.41, 5.74) is 2.55. The monoisotopic (exact) mass is 297 g/mol. The minimum Gasteiger partial charge on any atom is -0.495 e. The third-order valence-corrected chi connectivity index (χ3v) is 3.47. The average Bonchev–Trinajstić information content (AvgIpc) is 2.40. The van der Waals surface area contributed by atoms with Crippen LogP contribution in [0.5, 0.6) is 5.75 Å². The lowest BCUT2D eigenvalue weighted by atomic mass is 10.2. The Labute approximate surface area is 121 Å². The largest absolute Gasteiger partial charge is 0.495 e. The van der Waals surface area contributed by atoms with Crippen molar-refractivity contribution in [3.63, 3.8) is 0 Å². The molecule has 0 aliphatic heterocycles. The highest BCUT2D eigenvalue weighted by Gasteiger charge is 2.11. The lowest BCUT2D eigenvalue weighted by molar-refractivity contribution is 0.417. The molecule has 19 heavy (non-hydrogen) atoms. The van der Waals surface area contributed by atoms with Crippen LogP contribution in [0.1, 0.15) is 11.1 Å². The first-order chi connectivity index (χ1) is 9.02. The molecule has 0 saturated heterocycles. The predicted octanol–water partition coefficient (Wildman–Crippen LogP) is 4.15. The maximum atomic E-state index is 5.98. The van der Waals surface area contributed by atoms with E-state index in [1.807, 2.05) is 13.8 Å². The first-order valence-electron chi connectivity index (χ1n) is 5.63. The zero-order chi connectivity index (χ0) is 14.0. The van der Waals surface area contributed by atoms with E-state index in [9.17, 15) is 0 Å². The van der Waals surface area contributed by atoms with Crippen molar-refractivity contribution in [1.29, 1.82) is 0 Å². The first-order valence-corrected chi connectivity index (χ1v) is 6.38. The molecule has 1 aromatic carbocycles. The summed E-state index contributed by atoms with van der Waals surface area (Å²) >= 11 is 11.9. The van der Waals surface area contributed by atoms with Crippen LogP contribution in [0.15, 0.2) is 18.2 Å². The minimum atomic E-state index is 0.404. The fourth-order valence-corrected chi connectivity index (χ4v) is 1.95. The Hall–Kier alpha value is -1.52. The van der Waals surface area contributed by atoms with E-state index in [1.54, 1.807) is 25.3 Å². The van der Waals surface area contributed by atoms with E-state index in [4.69, 9.17) is 27.9 Å². The molecule has 6 heteroatoms. The molecule has 0 fully saturated rings. The smallest absolute Gasteiger partial charge is 0.156 e. The first kappa shape index (κ1) is 13.9. The topological polar surface area (TPSA) is 47.0 Å². The van der Waals surface area contributed by atoms with E-state index >= 15 is 0 Å². The molecule has 0 amide bonds. The van der Waals surface area contributed by atoms with Gasteiger partial charge in [-0.05, 0) is 43.2 Å². The number of nitrogens with one attached hydrogen (secondary N) is 1. The van der Waals surface area contributed by atoms with Crippen LogP contribution in [0.4, 0.5) is 11.5 Å². The predicted molar refractivity (Wildman–Crippen MR) is 77.8 cm³/mol. The number of hydrogen-bond donors (Lipinski definition) is 1. The van der Waals surface area contributed by atoms with Gasteiger partial charge in [0.05, 0.1) is 12.8 Å². The molecule has 0 radical (unpaired) electrons. The molecule has 1 N–H and O–H groups in total.